The van der Waals surface area contributed by atoms with E-state index < -0.39 is 0 Å². The zero-order chi connectivity index (χ0) is 13.5. The van der Waals surface area contributed by atoms with Crippen molar-refractivity contribution in [1.29, 1.82) is 0 Å². The van der Waals surface area contributed by atoms with Gasteiger partial charge in [0.2, 0.25) is 0 Å². The smallest absolute Gasteiger partial charge is 0.141 e. The van der Waals surface area contributed by atoms with Crippen LogP contribution in [-0.2, 0) is 6.42 Å². The molecular weight excluding hydrogens is 250 g/mol. The fourth-order valence-electron chi connectivity index (χ4n) is 2.71. The zero-order valence-corrected chi connectivity index (χ0v) is 10.8. The van der Waals surface area contributed by atoms with Gasteiger partial charge in [-0.05, 0) is 29.8 Å². The van der Waals surface area contributed by atoms with Crippen LogP contribution >= 0.6 is 0 Å². The molecule has 20 heavy (non-hydrogen) atoms. The average molecular weight is 263 g/mol. The Kier molecular flexibility index (Phi) is 2.39. The number of para-hydroxylation sites is 2. The van der Waals surface area contributed by atoms with Crippen LogP contribution in [-0.4, -0.2) is 16.7 Å². The van der Waals surface area contributed by atoms with Crippen molar-refractivity contribution in [2.75, 3.05) is 6.61 Å². The van der Waals surface area contributed by atoms with Gasteiger partial charge in [-0.1, -0.05) is 24.3 Å². The molecule has 0 aliphatic carbocycles. The third-order valence-corrected chi connectivity index (χ3v) is 3.67. The lowest BCUT2D eigenvalue weighted by Crippen LogP contribution is -1.98. The Morgan fingerprint density at radius 1 is 1.05 bits per heavy atom. The molecule has 4 rings (SSSR count). The van der Waals surface area contributed by atoms with Crippen molar-refractivity contribution in [2.45, 2.75) is 6.42 Å². The van der Waals surface area contributed by atoms with Crippen LogP contribution in [0.25, 0.3) is 22.2 Å². The molecule has 3 heteroatoms. The summed E-state index contributed by atoms with van der Waals surface area (Å²) in [5.74, 6) is 1.07. The van der Waals surface area contributed by atoms with Crippen molar-refractivity contribution in [1.82, 2.24) is 4.98 Å². The molecule has 0 unspecified atom stereocenters. The largest absolute Gasteiger partial charge is 0.506 e. The molecule has 0 atom stereocenters. The quantitative estimate of drug-likeness (QED) is 0.674. The van der Waals surface area contributed by atoms with E-state index in [1.807, 2.05) is 36.4 Å². The number of phenolic OH excluding ortho intramolecular Hbond substituents is 1. The van der Waals surface area contributed by atoms with E-state index in [0.29, 0.717) is 12.1 Å². The molecule has 2 heterocycles. The maximum atomic E-state index is 10.00. The number of aromatic hydroxyl groups is 1. The van der Waals surface area contributed by atoms with Gasteiger partial charge in [0.25, 0.3) is 0 Å². The van der Waals surface area contributed by atoms with E-state index in [-0.39, 0.29) is 5.75 Å². The van der Waals surface area contributed by atoms with Crippen LogP contribution in [0.3, 0.4) is 0 Å². The number of nitrogens with zero attached hydrogens (tertiary/aromatic N) is 1. The monoisotopic (exact) mass is 263 g/mol. The Hall–Kier alpha value is -2.55. The second-order valence-electron chi connectivity index (χ2n) is 4.94. The summed E-state index contributed by atoms with van der Waals surface area (Å²) in [6.45, 7) is 0.649. The minimum Gasteiger partial charge on any atom is -0.506 e. The summed E-state index contributed by atoms with van der Waals surface area (Å²) in [6.07, 6.45) is 0.822. The van der Waals surface area contributed by atoms with E-state index in [4.69, 9.17) is 4.74 Å². The van der Waals surface area contributed by atoms with Crippen LogP contribution in [0.15, 0.2) is 48.5 Å². The van der Waals surface area contributed by atoms with Crippen molar-refractivity contribution in [3.8, 4) is 22.8 Å². The third kappa shape index (κ3) is 1.63. The van der Waals surface area contributed by atoms with Crippen molar-refractivity contribution in [3.05, 3.63) is 54.1 Å². The second-order valence-corrected chi connectivity index (χ2v) is 4.94. The van der Waals surface area contributed by atoms with Crippen LogP contribution in [0, 0.1) is 0 Å². The maximum absolute atomic E-state index is 10.00. The Labute approximate surface area is 116 Å². The lowest BCUT2D eigenvalue weighted by atomic mass is 10.0. The summed E-state index contributed by atoms with van der Waals surface area (Å²) >= 11 is 0. The molecule has 3 nitrogen and oxygen atoms in total. The highest BCUT2D eigenvalue weighted by Gasteiger charge is 2.17. The fraction of sp³-hybridized carbons (Fsp3) is 0.118. The van der Waals surface area contributed by atoms with Gasteiger partial charge in [-0.2, -0.15) is 0 Å². The van der Waals surface area contributed by atoms with Crippen LogP contribution in [0.5, 0.6) is 11.5 Å². The van der Waals surface area contributed by atoms with E-state index in [0.717, 1.165) is 34.4 Å². The van der Waals surface area contributed by atoms with Gasteiger partial charge < -0.3 is 9.84 Å². The summed E-state index contributed by atoms with van der Waals surface area (Å²) in [5, 5.41) is 11.0. The molecule has 98 valence electrons. The summed E-state index contributed by atoms with van der Waals surface area (Å²) in [5.41, 5.74) is 3.70. The number of hydrogen-bond acceptors (Lipinski definition) is 3. The van der Waals surface area contributed by atoms with Gasteiger partial charge in [-0.25, -0.2) is 4.98 Å². The highest BCUT2D eigenvalue weighted by molar-refractivity contribution is 5.88. The summed E-state index contributed by atoms with van der Waals surface area (Å²) in [7, 11) is 0. The molecule has 0 bridgehead atoms. The van der Waals surface area contributed by atoms with Gasteiger partial charge in [0.15, 0.2) is 0 Å². The zero-order valence-electron chi connectivity index (χ0n) is 10.8. The van der Waals surface area contributed by atoms with Gasteiger partial charge in [-0.15, -0.1) is 0 Å². The molecule has 0 spiro atoms. The lowest BCUT2D eigenvalue weighted by Gasteiger charge is -2.09. The topological polar surface area (TPSA) is 42.4 Å². The Morgan fingerprint density at radius 2 is 1.95 bits per heavy atom. The predicted octanol–water partition coefficient (Wildman–Crippen LogP) is 3.54. The van der Waals surface area contributed by atoms with Gasteiger partial charge in [0, 0.05) is 17.4 Å². The van der Waals surface area contributed by atoms with Gasteiger partial charge >= 0.3 is 0 Å². The number of benzene rings is 2. The molecule has 1 aromatic heterocycles. The van der Waals surface area contributed by atoms with E-state index in [1.165, 1.54) is 0 Å². The Balaban J connectivity index is 2.07. The van der Waals surface area contributed by atoms with Crippen molar-refractivity contribution < 1.29 is 9.84 Å². The first-order valence-electron chi connectivity index (χ1n) is 6.67. The number of rotatable bonds is 0. The summed E-state index contributed by atoms with van der Waals surface area (Å²) in [6, 6.07) is 15.5. The van der Waals surface area contributed by atoms with Crippen LogP contribution in [0.4, 0.5) is 0 Å². The molecule has 3 aromatic rings. The first-order valence-corrected chi connectivity index (χ1v) is 6.67. The number of aromatic nitrogens is 1. The van der Waals surface area contributed by atoms with Gasteiger partial charge in [0.1, 0.15) is 17.0 Å². The standard InChI is InChI=1S/C17H13NO2/c19-14-6-3-4-11-10-12-8-9-20-15-7-2-1-5-13(15)16(12)18-17(11)14/h1-7,10,19H,8-9H2. The maximum Gasteiger partial charge on any atom is 0.141 e. The van der Waals surface area contributed by atoms with E-state index in [2.05, 4.69) is 11.1 Å². The van der Waals surface area contributed by atoms with Crippen LogP contribution in [0.2, 0.25) is 0 Å². The van der Waals surface area contributed by atoms with E-state index in [9.17, 15) is 5.11 Å². The predicted molar refractivity (Wildman–Crippen MR) is 78.0 cm³/mol. The highest BCUT2D eigenvalue weighted by atomic mass is 16.5. The van der Waals surface area contributed by atoms with Gasteiger partial charge in [0.05, 0.1) is 12.3 Å². The molecule has 0 saturated carbocycles. The highest BCUT2D eigenvalue weighted by Crippen LogP contribution is 2.36. The normalized spacial score (nSPS) is 13.2. The summed E-state index contributed by atoms with van der Waals surface area (Å²) < 4.78 is 5.79. The summed E-state index contributed by atoms with van der Waals surface area (Å²) in [4.78, 5) is 4.69. The second kappa shape index (κ2) is 4.23. The Bertz CT molecular complexity index is 811. The lowest BCUT2D eigenvalue weighted by molar-refractivity contribution is 0.326. The van der Waals surface area contributed by atoms with Crippen LogP contribution in [0.1, 0.15) is 5.56 Å². The van der Waals surface area contributed by atoms with Gasteiger partial charge in [-0.3, -0.25) is 0 Å². The molecule has 1 aliphatic heterocycles. The molecular formula is C17H13NO2. The molecule has 0 amide bonds. The van der Waals surface area contributed by atoms with Crippen molar-refractivity contribution >= 4 is 10.9 Å². The minimum absolute atomic E-state index is 0.216. The molecule has 1 N–H and O–H groups in total. The number of phenols is 1. The molecule has 0 fully saturated rings. The number of fused-ring (bicyclic) bond motifs is 4. The molecule has 2 aromatic carbocycles. The number of pyridine rings is 1. The fourth-order valence-corrected chi connectivity index (χ4v) is 2.71. The third-order valence-electron chi connectivity index (χ3n) is 3.67. The van der Waals surface area contributed by atoms with E-state index >= 15 is 0 Å². The SMILES string of the molecule is Oc1cccc2cc3c(nc12)-c1ccccc1OCC3. The molecule has 0 saturated heterocycles. The first kappa shape index (κ1) is 11.3. The van der Waals surface area contributed by atoms with Crippen molar-refractivity contribution in [2.24, 2.45) is 0 Å². The first-order chi connectivity index (χ1) is 9.83. The minimum atomic E-state index is 0.216. The molecule has 0 radical (unpaired) electrons. The van der Waals surface area contributed by atoms with Crippen LogP contribution < -0.4 is 4.74 Å². The Morgan fingerprint density at radius 3 is 2.90 bits per heavy atom. The van der Waals surface area contributed by atoms with E-state index in [1.54, 1.807) is 6.07 Å². The number of ether oxygens (including phenoxy) is 1. The average Bonchev–Trinajstić information content (AvgIpc) is 2.65. The van der Waals surface area contributed by atoms with Crippen molar-refractivity contribution in [3.63, 3.8) is 0 Å². The number of hydrogen-bond donors (Lipinski definition) is 1. The molecule has 1 aliphatic rings.